The van der Waals surface area contributed by atoms with Crippen LogP contribution in [0.25, 0.3) is 0 Å². The van der Waals surface area contributed by atoms with Gasteiger partial charge < -0.3 is 10.2 Å². The van der Waals surface area contributed by atoms with Crippen LogP contribution in [0.15, 0.2) is 77.7 Å². The van der Waals surface area contributed by atoms with Crippen molar-refractivity contribution in [2.75, 3.05) is 10.8 Å². The molecule has 0 spiro atoms. The van der Waals surface area contributed by atoms with Crippen molar-refractivity contribution >= 4 is 27.5 Å². The van der Waals surface area contributed by atoms with Crippen LogP contribution in [-0.4, -0.2) is 43.8 Å². The fourth-order valence-corrected chi connectivity index (χ4v) is 6.49. The van der Waals surface area contributed by atoms with Crippen molar-refractivity contribution in [3.63, 3.8) is 0 Å². The van der Waals surface area contributed by atoms with Crippen LogP contribution < -0.4 is 9.62 Å². The highest BCUT2D eigenvalue weighted by Gasteiger charge is 2.33. The molecule has 0 bridgehead atoms. The Bertz CT molecular complexity index is 1450. The molecule has 1 saturated carbocycles. The highest BCUT2D eigenvalue weighted by Crippen LogP contribution is 2.26. The van der Waals surface area contributed by atoms with Crippen LogP contribution in [0.4, 0.5) is 10.1 Å². The summed E-state index contributed by atoms with van der Waals surface area (Å²) in [7, 11) is -4.13. The van der Waals surface area contributed by atoms with Crippen LogP contribution in [0.1, 0.15) is 55.7 Å². The van der Waals surface area contributed by atoms with E-state index in [9.17, 15) is 22.4 Å². The number of carbonyl (C=O) groups is 2. The molecule has 1 aliphatic carbocycles. The molecule has 0 heterocycles. The van der Waals surface area contributed by atoms with Crippen molar-refractivity contribution in [1.82, 2.24) is 10.2 Å². The predicted octanol–water partition coefficient (Wildman–Crippen LogP) is 5.50. The molecule has 0 unspecified atom stereocenters. The number of halogens is 1. The molecule has 0 aromatic heterocycles. The van der Waals surface area contributed by atoms with Gasteiger partial charge in [-0.3, -0.25) is 13.9 Å². The lowest BCUT2D eigenvalue weighted by molar-refractivity contribution is -0.139. The van der Waals surface area contributed by atoms with E-state index < -0.39 is 34.3 Å². The average Bonchev–Trinajstić information content (AvgIpc) is 2.95. The van der Waals surface area contributed by atoms with Crippen LogP contribution in [0.5, 0.6) is 0 Å². The molecule has 3 aromatic rings. The van der Waals surface area contributed by atoms with Gasteiger partial charge in [0.05, 0.1) is 10.6 Å². The highest BCUT2D eigenvalue weighted by molar-refractivity contribution is 7.92. The number of rotatable bonds is 10. The molecule has 41 heavy (non-hydrogen) atoms. The van der Waals surface area contributed by atoms with Gasteiger partial charge in [-0.05, 0) is 81.1 Å². The molecule has 1 N–H and O–H groups in total. The number of nitrogens with zero attached hydrogens (tertiary/aromatic N) is 2. The molecule has 2 amide bonds. The number of benzene rings is 3. The zero-order valence-corrected chi connectivity index (χ0v) is 24.7. The second-order valence-electron chi connectivity index (χ2n) is 10.8. The van der Waals surface area contributed by atoms with Gasteiger partial charge in [-0.25, -0.2) is 12.8 Å². The normalized spacial score (nSPS) is 14.7. The molecule has 1 atom stereocenters. The number of aryl methyl sites for hydroxylation is 2. The minimum atomic E-state index is -4.13. The Hall–Kier alpha value is -3.72. The van der Waals surface area contributed by atoms with Gasteiger partial charge >= 0.3 is 0 Å². The van der Waals surface area contributed by atoms with Gasteiger partial charge in [-0.2, -0.15) is 0 Å². The lowest BCUT2D eigenvalue weighted by Crippen LogP contribution is -2.53. The fraction of sp³-hybridized carbons (Fsp3) is 0.375. The third kappa shape index (κ3) is 7.73. The molecule has 1 aliphatic rings. The molecular formula is C32H38FN3O4S. The topological polar surface area (TPSA) is 86.8 Å². The summed E-state index contributed by atoms with van der Waals surface area (Å²) in [5, 5.41) is 3.08. The molecule has 9 heteroatoms. The number of anilines is 1. The summed E-state index contributed by atoms with van der Waals surface area (Å²) in [5.74, 6) is -1.25. The first kappa shape index (κ1) is 30.2. The largest absolute Gasteiger partial charge is 0.352 e. The summed E-state index contributed by atoms with van der Waals surface area (Å²) < 4.78 is 42.5. The molecule has 0 radical (unpaired) electrons. The number of carbonyl (C=O) groups excluding carboxylic acids is 2. The van der Waals surface area contributed by atoms with Gasteiger partial charge in [0.25, 0.3) is 10.0 Å². The third-order valence-corrected chi connectivity index (χ3v) is 9.35. The first-order valence-corrected chi connectivity index (χ1v) is 15.5. The van der Waals surface area contributed by atoms with E-state index in [1.165, 1.54) is 29.2 Å². The third-order valence-electron chi connectivity index (χ3n) is 7.56. The molecule has 218 valence electrons. The lowest BCUT2D eigenvalue weighted by Gasteiger charge is -2.33. The van der Waals surface area contributed by atoms with Crippen molar-refractivity contribution < 1.29 is 22.4 Å². The van der Waals surface area contributed by atoms with E-state index in [-0.39, 0.29) is 23.4 Å². The first-order valence-electron chi connectivity index (χ1n) is 14.0. The maximum absolute atomic E-state index is 14.0. The van der Waals surface area contributed by atoms with Gasteiger partial charge in [0, 0.05) is 12.6 Å². The van der Waals surface area contributed by atoms with Crippen molar-refractivity contribution in [3.05, 3.63) is 95.3 Å². The van der Waals surface area contributed by atoms with E-state index in [1.807, 2.05) is 19.9 Å². The van der Waals surface area contributed by atoms with E-state index in [4.69, 9.17) is 0 Å². The monoisotopic (exact) mass is 579 g/mol. The van der Waals surface area contributed by atoms with Gasteiger partial charge in [0.1, 0.15) is 18.4 Å². The SMILES string of the molecule is Cc1ccc(S(=O)(=O)N(CC(=O)N(Cc2ccc(F)cc2)[C@H](C)C(=O)NC2CCCCC2)c2cccc(C)c2)cc1. The van der Waals surface area contributed by atoms with Gasteiger partial charge in [-0.15, -0.1) is 0 Å². The first-order chi connectivity index (χ1) is 19.5. The van der Waals surface area contributed by atoms with E-state index in [0.29, 0.717) is 11.3 Å². The Morgan fingerprint density at radius 3 is 2.22 bits per heavy atom. The average molecular weight is 580 g/mol. The minimum Gasteiger partial charge on any atom is -0.352 e. The van der Waals surface area contributed by atoms with Crippen molar-refractivity contribution in [1.29, 1.82) is 0 Å². The summed E-state index contributed by atoms with van der Waals surface area (Å²) in [6, 6.07) is 18.3. The summed E-state index contributed by atoms with van der Waals surface area (Å²) >= 11 is 0. The number of amides is 2. The van der Waals surface area contributed by atoms with E-state index in [1.54, 1.807) is 49.4 Å². The molecule has 4 rings (SSSR count). The molecule has 3 aromatic carbocycles. The van der Waals surface area contributed by atoms with Crippen molar-refractivity contribution in [3.8, 4) is 0 Å². The molecular weight excluding hydrogens is 541 g/mol. The molecule has 0 aliphatic heterocycles. The number of hydrogen-bond acceptors (Lipinski definition) is 4. The van der Waals surface area contributed by atoms with E-state index in [0.717, 1.165) is 47.5 Å². The van der Waals surface area contributed by atoms with Crippen LogP contribution in [0.3, 0.4) is 0 Å². The Labute approximate surface area is 242 Å². The summed E-state index contributed by atoms with van der Waals surface area (Å²) in [6.45, 7) is 4.86. The van der Waals surface area contributed by atoms with E-state index >= 15 is 0 Å². The number of nitrogens with one attached hydrogen (secondary N) is 1. The van der Waals surface area contributed by atoms with E-state index in [2.05, 4.69) is 5.32 Å². The second-order valence-corrected chi connectivity index (χ2v) is 12.7. The van der Waals surface area contributed by atoms with Gasteiger partial charge in [0.2, 0.25) is 11.8 Å². The fourth-order valence-electron chi connectivity index (χ4n) is 5.09. The van der Waals surface area contributed by atoms with Crippen molar-refractivity contribution in [2.24, 2.45) is 0 Å². The smallest absolute Gasteiger partial charge is 0.264 e. The van der Waals surface area contributed by atoms with Crippen LogP contribution in [-0.2, 0) is 26.2 Å². The zero-order chi connectivity index (χ0) is 29.6. The standard InChI is InChI=1S/C32H38FN3O4S/c1-23-12-18-30(19-13-23)41(39,40)36(29-11-7-8-24(2)20-29)22-31(37)35(21-26-14-16-27(33)17-15-26)25(3)32(38)34-28-9-5-4-6-10-28/h7-8,11-20,25,28H,4-6,9-10,21-22H2,1-3H3,(H,34,38)/t25-/m1/s1. The minimum absolute atomic E-state index is 0.0185. The summed E-state index contributed by atoms with van der Waals surface area (Å²) in [4.78, 5) is 28.8. The van der Waals surface area contributed by atoms with Crippen LogP contribution in [0.2, 0.25) is 0 Å². The summed E-state index contributed by atoms with van der Waals surface area (Å²) in [6.07, 6.45) is 5.00. The lowest BCUT2D eigenvalue weighted by atomic mass is 9.95. The molecule has 1 fully saturated rings. The Kier molecular flexibility index (Phi) is 9.81. The quantitative estimate of drug-likeness (QED) is 0.344. The van der Waals surface area contributed by atoms with Crippen LogP contribution >= 0.6 is 0 Å². The van der Waals surface area contributed by atoms with Gasteiger partial charge in [-0.1, -0.05) is 61.2 Å². The summed E-state index contributed by atoms with van der Waals surface area (Å²) in [5.41, 5.74) is 2.72. The second kappa shape index (κ2) is 13.3. The maximum Gasteiger partial charge on any atom is 0.264 e. The van der Waals surface area contributed by atoms with Crippen molar-refractivity contribution in [2.45, 2.75) is 76.4 Å². The number of hydrogen-bond donors (Lipinski definition) is 1. The zero-order valence-electron chi connectivity index (χ0n) is 23.8. The maximum atomic E-state index is 14.0. The predicted molar refractivity (Wildman–Crippen MR) is 158 cm³/mol. The Balaban J connectivity index is 1.67. The van der Waals surface area contributed by atoms with Crippen LogP contribution in [0, 0.1) is 19.7 Å². The molecule has 0 saturated heterocycles. The highest BCUT2D eigenvalue weighted by atomic mass is 32.2. The Morgan fingerprint density at radius 1 is 0.927 bits per heavy atom. The van der Waals surface area contributed by atoms with Gasteiger partial charge in [0.15, 0.2) is 0 Å². The Morgan fingerprint density at radius 2 is 1.59 bits per heavy atom. The number of sulfonamides is 1. The molecule has 7 nitrogen and oxygen atoms in total.